The van der Waals surface area contributed by atoms with Gasteiger partial charge in [-0.15, -0.1) is 11.3 Å². The lowest BCUT2D eigenvalue weighted by atomic mass is 10.0. The molecule has 2 N–H and O–H groups in total. The number of aryl methyl sites for hydroxylation is 1. The number of ether oxygens (including phenoxy) is 1. The van der Waals surface area contributed by atoms with Gasteiger partial charge in [-0.1, -0.05) is 6.07 Å². The van der Waals surface area contributed by atoms with Crippen LogP contribution in [0, 0.1) is 6.92 Å². The van der Waals surface area contributed by atoms with Crippen molar-refractivity contribution < 1.29 is 14.6 Å². The largest absolute Gasteiger partial charge is 0.444 e. The third kappa shape index (κ3) is 5.02. The first-order valence-electron chi connectivity index (χ1n) is 10.9. The van der Waals surface area contributed by atoms with Crippen LogP contribution < -0.4 is 5.32 Å². The van der Waals surface area contributed by atoms with Gasteiger partial charge in [0.25, 0.3) is 0 Å². The molecule has 0 spiro atoms. The van der Waals surface area contributed by atoms with Gasteiger partial charge in [0, 0.05) is 58.6 Å². The minimum absolute atomic E-state index is 0.0840. The van der Waals surface area contributed by atoms with Crippen LogP contribution in [0.1, 0.15) is 44.9 Å². The second-order valence-corrected chi connectivity index (χ2v) is 10.3. The molecule has 0 unspecified atom stereocenters. The first kappa shape index (κ1) is 22.5. The number of amides is 1. The van der Waals surface area contributed by atoms with Crippen LogP contribution >= 0.6 is 11.3 Å². The highest BCUT2D eigenvalue weighted by Crippen LogP contribution is 2.38. The molecule has 0 saturated carbocycles. The minimum Gasteiger partial charge on any atom is -0.444 e. The zero-order chi connectivity index (χ0) is 22.9. The van der Waals surface area contributed by atoms with Gasteiger partial charge < -0.3 is 20.1 Å². The average Bonchev–Trinajstić information content (AvgIpc) is 3.18. The summed E-state index contributed by atoms with van der Waals surface area (Å²) in [4.78, 5) is 25.1. The molecule has 4 heterocycles. The third-order valence-electron chi connectivity index (χ3n) is 5.50. The molecule has 0 bridgehead atoms. The summed E-state index contributed by atoms with van der Waals surface area (Å²) in [6, 6.07) is 6.40. The van der Waals surface area contributed by atoms with Crippen molar-refractivity contribution in [2.24, 2.45) is 0 Å². The lowest BCUT2D eigenvalue weighted by molar-refractivity contribution is 0.0210. The number of rotatable bonds is 4. The number of likely N-dealkylation sites (tertiary alicyclic amines) is 1. The predicted octanol–water partition coefficient (Wildman–Crippen LogP) is 4.97. The van der Waals surface area contributed by atoms with Gasteiger partial charge in [-0.3, -0.25) is 4.98 Å². The predicted molar refractivity (Wildman–Crippen MR) is 128 cm³/mol. The number of piperidine rings is 1. The average molecular weight is 455 g/mol. The molecule has 1 aliphatic rings. The standard InChI is InChI=1S/C24H30N4O3S/c1-15-5-6-16(12-25-15)20-11-19-21(17(14-29)13-26-22(19)32-20)27-18-7-9-28(10-8-18)23(30)31-24(2,3)4/h5-6,11-13,18,29H,7-10,14H2,1-4H3,(H,26,27). The molecule has 0 radical (unpaired) electrons. The number of carbonyl (C=O) groups is 1. The summed E-state index contributed by atoms with van der Waals surface area (Å²) in [5, 5.41) is 14.6. The number of pyridine rings is 2. The van der Waals surface area contributed by atoms with E-state index in [1.165, 1.54) is 0 Å². The van der Waals surface area contributed by atoms with Gasteiger partial charge in [0.1, 0.15) is 10.4 Å². The van der Waals surface area contributed by atoms with Gasteiger partial charge >= 0.3 is 6.09 Å². The number of fused-ring (bicyclic) bond motifs is 1. The van der Waals surface area contributed by atoms with Gasteiger partial charge in [-0.2, -0.15) is 0 Å². The Balaban J connectivity index is 1.52. The second kappa shape index (κ2) is 9.03. The topological polar surface area (TPSA) is 87.6 Å². The lowest BCUT2D eigenvalue weighted by Crippen LogP contribution is -2.44. The summed E-state index contributed by atoms with van der Waals surface area (Å²) in [7, 11) is 0. The quantitative estimate of drug-likeness (QED) is 0.579. The molecule has 3 aromatic rings. The van der Waals surface area contributed by atoms with E-state index in [9.17, 15) is 9.90 Å². The SMILES string of the molecule is Cc1ccc(-c2cc3c(NC4CCN(C(=O)OC(C)(C)C)CC4)c(CO)cnc3s2)cn1. The number of hydrogen-bond donors (Lipinski definition) is 2. The zero-order valence-corrected chi connectivity index (χ0v) is 19.8. The molecule has 0 aromatic carbocycles. The molecule has 7 nitrogen and oxygen atoms in total. The molecule has 1 amide bonds. The van der Waals surface area contributed by atoms with Crippen molar-refractivity contribution in [1.82, 2.24) is 14.9 Å². The molecule has 1 aliphatic heterocycles. The van der Waals surface area contributed by atoms with E-state index in [0.29, 0.717) is 13.1 Å². The van der Waals surface area contributed by atoms with Gasteiger partial charge in [-0.05, 0) is 52.7 Å². The Kier molecular flexibility index (Phi) is 6.35. The van der Waals surface area contributed by atoms with Crippen molar-refractivity contribution >= 4 is 33.3 Å². The maximum Gasteiger partial charge on any atom is 0.410 e. The first-order valence-corrected chi connectivity index (χ1v) is 11.7. The summed E-state index contributed by atoms with van der Waals surface area (Å²) < 4.78 is 5.50. The van der Waals surface area contributed by atoms with Gasteiger partial charge in [0.2, 0.25) is 0 Å². The molecule has 32 heavy (non-hydrogen) atoms. The van der Waals surface area contributed by atoms with Crippen molar-refractivity contribution in [3.63, 3.8) is 0 Å². The summed E-state index contributed by atoms with van der Waals surface area (Å²) in [6.45, 7) is 8.81. The van der Waals surface area contributed by atoms with Crippen molar-refractivity contribution in [3.8, 4) is 10.4 Å². The van der Waals surface area contributed by atoms with Gasteiger partial charge in [-0.25, -0.2) is 9.78 Å². The van der Waals surface area contributed by atoms with Crippen LogP contribution in [0.15, 0.2) is 30.6 Å². The van der Waals surface area contributed by atoms with Crippen molar-refractivity contribution in [1.29, 1.82) is 0 Å². The summed E-state index contributed by atoms with van der Waals surface area (Å²) in [5.41, 5.74) is 3.25. The van der Waals surface area contributed by atoms with Crippen LogP contribution in [0.2, 0.25) is 0 Å². The first-order chi connectivity index (χ1) is 15.2. The third-order valence-corrected chi connectivity index (χ3v) is 6.59. The summed E-state index contributed by atoms with van der Waals surface area (Å²) in [6.07, 6.45) is 4.99. The number of carbonyl (C=O) groups excluding carboxylic acids is 1. The Morgan fingerprint density at radius 3 is 2.62 bits per heavy atom. The zero-order valence-electron chi connectivity index (χ0n) is 19.0. The molecular formula is C24H30N4O3S. The van der Waals surface area contributed by atoms with Crippen molar-refractivity contribution in [2.75, 3.05) is 18.4 Å². The van der Waals surface area contributed by atoms with Crippen molar-refractivity contribution in [3.05, 3.63) is 41.9 Å². The highest BCUT2D eigenvalue weighted by atomic mass is 32.1. The number of aliphatic hydroxyl groups is 1. The number of thiophene rings is 1. The van der Waals surface area contributed by atoms with E-state index in [1.54, 1.807) is 22.4 Å². The molecule has 170 valence electrons. The Bertz CT molecular complexity index is 1100. The van der Waals surface area contributed by atoms with Crippen LogP contribution in [0.4, 0.5) is 10.5 Å². The number of nitrogens with zero attached hydrogens (tertiary/aromatic N) is 3. The van der Waals surface area contributed by atoms with Crippen LogP contribution in [0.3, 0.4) is 0 Å². The number of aliphatic hydroxyl groups excluding tert-OH is 1. The minimum atomic E-state index is -0.492. The normalized spacial score (nSPS) is 15.2. The van der Waals surface area contributed by atoms with Crippen LogP contribution in [-0.2, 0) is 11.3 Å². The molecular weight excluding hydrogens is 424 g/mol. The van der Waals surface area contributed by atoms with Gasteiger partial charge in [0.05, 0.1) is 12.3 Å². The number of hydrogen-bond acceptors (Lipinski definition) is 7. The number of anilines is 1. The molecule has 0 aliphatic carbocycles. The number of aromatic nitrogens is 2. The van der Waals surface area contributed by atoms with Crippen molar-refractivity contribution in [2.45, 2.75) is 58.8 Å². The highest BCUT2D eigenvalue weighted by molar-refractivity contribution is 7.21. The van der Waals surface area contributed by atoms with E-state index in [0.717, 1.165) is 50.4 Å². The molecule has 4 rings (SSSR count). The second-order valence-electron chi connectivity index (χ2n) is 9.22. The number of nitrogens with one attached hydrogen (secondary N) is 1. The van der Waals surface area contributed by atoms with E-state index in [1.807, 2.05) is 40.0 Å². The Hall–Kier alpha value is -2.71. The van der Waals surface area contributed by atoms with E-state index in [-0.39, 0.29) is 18.7 Å². The highest BCUT2D eigenvalue weighted by Gasteiger charge is 2.27. The Morgan fingerprint density at radius 2 is 2.00 bits per heavy atom. The van der Waals surface area contributed by atoms with Gasteiger partial charge in [0.15, 0.2) is 0 Å². The van der Waals surface area contributed by atoms with Crippen LogP contribution in [0.25, 0.3) is 20.7 Å². The molecule has 1 fully saturated rings. The smallest absolute Gasteiger partial charge is 0.410 e. The molecule has 1 saturated heterocycles. The molecule has 0 atom stereocenters. The van der Waals surface area contributed by atoms with E-state index >= 15 is 0 Å². The maximum atomic E-state index is 12.4. The fourth-order valence-corrected chi connectivity index (χ4v) is 4.81. The summed E-state index contributed by atoms with van der Waals surface area (Å²) in [5.74, 6) is 0. The fourth-order valence-electron chi connectivity index (χ4n) is 3.81. The monoisotopic (exact) mass is 454 g/mol. The maximum absolute atomic E-state index is 12.4. The lowest BCUT2D eigenvalue weighted by Gasteiger charge is -2.34. The van der Waals surface area contributed by atoms with Crippen LogP contribution in [-0.4, -0.2) is 50.8 Å². The van der Waals surface area contributed by atoms with E-state index in [2.05, 4.69) is 27.4 Å². The molecule has 3 aromatic heterocycles. The van der Waals surface area contributed by atoms with E-state index in [4.69, 9.17) is 4.74 Å². The Morgan fingerprint density at radius 1 is 1.25 bits per heavy atom. The Labute approximate surface area is 192 Å². The summed E-state index contributed by atoms with van der Waals surface area (Å²) >= 11 is 1.62. The fraction of sp³-hybridized carbons (Fsp3) is 0.458. The van der Waals surface area contributed by atoms with Crippen LogP contribution in [0.5, 0.6) is 0 Å². The van der Waals surface area contributed by atoms with E-state index < -0.39 is 5.60 Å². The molecule has 8 heteroatoms.